The predicted molar refractivity (Wildman–Crippen MR) is 257 cm³/mol. The minimum atomic E-state index is 0.765. The number of hydrogen-bond acceptors (Lipinski definition) is 3. The van der Waals surface area contributed by atoms with E-state index in [0.717, 1.165) is 34.0 Å². The van der Waals surface area contributed by atoms with Gasteiger partial charge in [0.15, 0.2) is 0 Å². The Labute approximate surface area is 346 Å². The molecule has 0 spiro atoms. The molecule has 9 rings (SSSR count). The van der Waals surface area contributed by atoms with E-state index in [4.69, 9.17) is 5.73 Å². The van der Waals surface area contributed by atoms with Gasteiger partial charge < -0.3 is 20.9 Å². The van der Waals surface area contributed by atoms with Gasteiger partial charge in [-0.05, 0) is 95.6 Å². The van der Waals surface area contributed by atoms with Gasteiger partial charge in [0, 0.05) is 51.8 Å². The zero-order chi connectivity index (χ0) is 41.5. The van der Waals surface area contributed by atoms with E-state index in [-0.39, 0.29) is 0 Å². The summed E-state index contributed by atoms with van der Waals surface area (Å²) in [5.41, 5.74) is 21.4. The number of nitrogen functional groups attached to an aromatic ring is 1. The van der Waals surface area contributed by atoms with Crippen molar-refractivity contribution in [3.05, 3.63) is 225 Å². The van der Waals surface area contributed by atoms with Crippen LogP contribution >= 0.6 is 0 Å². The summed E-state index contributed by atoms with van der Waals surface area (Å²) in [7, 11) is 1.91. The molecule has 1 aromatic heterocycles. The quantitative estimate of drug-likeness (QED) is 0.0899. The molecule has 0 aliphatic heterocycles. The Morgan fingerprint density at radius 3 is 1.59 bits per heavy atom. The van der Waals surface area contributed by atoms with Crippen LogP contribution < -0.4 is 16.4 Å². The number of aromatic nitrogens is 1. The van der Waals surface area contributed by atoms with Crippen molar-refractivity contribution in [2.75, 3.05) is 23.4 Å². The summed E-state index contributed by atoms with van der Waals surface area (Å²) in [6, 6.07) is 62.5. The lowest BCUT2D eigenvalue weighted by molar-refractivity contribution is 1.18. The van der Waals surface area contributed by atoms with Gasteiger partial charge in [-0.1, -0.05) is 149 Å². The molecule has 8 aromatic rings. The molecule has 292 valence electrons. The molecular weight excluding hydrogens is 705 g/mol. The van der Waals surface area contributed by atoms with Crippen LogP contribution in [0.4, 0.5) is 22.7 Å². The molecule has 58 heavy (non-hydrogen) atoms. The van der Waals surface area contributed by atoms with Crippen LogP contribution in [0.3, 0.4) is 0 Å². The Balaban J connectivity index is 0.000000243. The van der Waals surface area contributed by atoms with Crippen molar-refractivity contribution >= 4 is 50.1 Å². The average Bonchev–Trinajstić information content (AvgIpc) is 3.98. The summed E-state index contributed by atoms with van der Waals surface area (Å²) < 4.78 is 2.30. The first kappa shape index (κ1) is 43.5. The highest BCUT2D eigenvalue weighted by atomic mass is 15.0. The third kappa shape index (κ3) is 11.6. The van der Waals surface area contributed by atoms with Crippen molar-refractivity contribution in [3.63, 3.8) is 0 Å². The average molecular weight is 761 g/mol. The van der Waals surface area contributed by atoms with Gasteiger partial charge in [0.2, 0.25) is 0 Å². The maximum atomic E-state index is 5.94. The smallest absolute Gasteiger partial charge is 0.0561 e. The highest BCUT2D eigenvalue weighted by molar-refractivity contribution is 6.10. The number of hydrogen-bond donors (Lipinski definition) is 3. The minimum Gasteiger partial charge on any atom is -0.399 e. The number of allylic oxidation sites excluding steroid dienone is 3. The first-order chi connectivity index (χ1) is 28.7. The molecule has 0 atom stereocenters. The lowest BCUT2D eigenvalue weighted by Gasteiger charge is -2.11. The molecule has 4 nitrogen and oxygen atoms in total. The highest BCUT2D eigenvalue weighted by Crippen LogP contribution is 2.34. The zero-order valence-electron chi connectivity index (χ0n) is 34.5. The Kier molecular flexibility index (Phi) is 17.7. The lowest BCUT2D eigenvalue weighted by Crippen LogP contribution is -1.95. The topological polar surface area (TPSA) is 55.0 Å². The summed E-state index contributed by atoms with van der Waals surface area (Å²) in [4.78, 5) is 0. The first-order valence-corrected chi connectivity index (χ1v) is 19.9. The van der Waals surface area contributed by atoms with E-state index in [2.05, 4.69) is 155 Å². The number of rotatable bonds is 6. The molecule has 0 saturated heterocycles. The molecule has 0 radical (unpaired) electrons. The molecule has 1 aliphatic carbocycles. The third-order valence-corrected chi connectivity index (χ3v) is 8.85. The van der Waals surface area contributed by atoms with Crippen molar-refractivity contribution in [2.24, 2.45) is 0 Å². The summed E-state index contributed by atoms with van der Waals surface area (Å²) in [5.74, 6) is 0. The molecule has 0 saturated carbocycles. The van der Waals surface area contributed by atoms with Crippen molar-refractivity contribution in [3.8, 4) is 16.8 Å². The monoisotopic (exact) mass is 760 g/mol. The normalized spacial score (nSPS) is 10.4. The fraction of sp³-hybridized carbons (Fsp3) is 0.0926. The summed E-state index contributed by atoms with van der Waals surface area (Å²) in [6.07, 6.45) is 6.00. The molecule has 4 heteroatoms. The second kappa shape index (κ2) is 23.6. The third-order valence-electron chi connectivity index (χ3n) is 8.85. The first-order valence-electron chi connectivity index (χ1n) is 19.9. The number of nitrogens with one attached hydrogen (secondary N) is 2. The second-order valence-electron chi connectivity index (χ2n) is 12.3. The van der Waals surface area contributed by atoms with Gasteiger partial charge in [-0.3, -0.25) is 0 Å². The van der Waals surface area contributed by atoms with Gasteiger partial charge in [0.1, 0.15) is 0 Å². The van der Waals surface area contributed by atoms with E-state index in [1.807, 2.05) is 114 Å². The Bertz CT molecular complexity index is 2490. The summed E-state index contributed by atoms with van der Waals surface area (Å²) in [5, 5.41) is 9.07. The summed E-state index contributed by atoms with van der Waals surface area (Å²) >= 11 is 0. The van der Waals surface area contributed by atoms with Gasteiger partial charge in [-0.25, -0.2) is 0 Å². The van der Waals surface area contributed by atoms with Crippen LogP contribution in [0.1, 0.15) is 33.3 Å². The molecule has 0 unspecified atom stereocenters. The Hall–Kier alpha value is -7.26. The number of anilines is 4. The van der Waals surface area contributed by atoms with Gasteiger partial charge in [0.25, 0.3) is 0 Å². The number of fused-ring (bicyclic) bond motifs is 3. The van der Waals surface area contributed by atoms with Crippen molar-refractivity contribution in [2.45, 2.75) is 27.7 Å². The van der Waals surface area contributed by atoms with Crippen molar-refractivity contribution in [1.82, 2.24) is 4.57 Å². The molecule has 1 aliphatic rings. The Morgan fingerprint density at radius 1 is 0.500 bits per heavy atom. The molecule has 0 bridgehead atoms. The fourth-order valence-corrected chi connectivity index (χ4v) is 6.23. The molecule has 0 amide bonds. The van der Waals surface area contributed by atoms with Crippen LogP contribution in [0.5, 0.6) is 0 Å². The number of benzene rings is 7. The zero-order valence-corrected chi connectivity index (χ0v) is 34.5. The van der Waals surface area contributed by atoms with E-state index in [0.29, 0.717) is 0 Å². The van der Waals surface area contributed by atoms with Gasteiger partial charge >= 0.3 is 0 Å². The number of nitrogens with two attached hydrogens (primary N) is 1. The molecule has 0 fully saturated rings. The van der Waals surface area contributed by atoms with Gasteiger partial charge in [0.05, 0.1) is 11.0 Å². The van der Waals surface area contributed by atoms with E-state index < -0.39 is 0 Å². The van der Waals surface area contributed by atoms with Crippen LogP contribution in [0.2, 0.25) is 0 Å². The second-order valence-corrected chi connectivity index (χ2v) is 12.3. The standard InChI is InChI=1S/C30H23N3.C11H8.C7H9N.2C2H6.C2H4/c31-23-12-17-26(18-13-23)33-29-9-5-4-8-27(29)28-19-16-25(20-30(28)33)32-24-14-10-22(11-15-24)21-6-2-1-3-7-21;1-2-6-10(7-3-1)11-8-4-5-9-11;1-8-7-5-3-2-4-6-7;3*1-2/h1-20,32H,31H2;1-8H;2-6,8H,1H3;2*1-2H3;1-2H2. The maximum absolute atomic E-state index is 5.94. The van der Waals surface area contributed by atoms with E-state index in [1.165, 1.54) is 38.6 Å². The van der Waals surface area contributed by atoms with Crippen LogP contribution in [0.15, 0.2) is 219 Å². The SMILES string of the molecule is C1=CC=CC=1c1ccccc1.C=C.CC.CC.CNc1ccccc1.Nc1ccc(-n2c3ccccc3c3ccc(Nc4ccc(-c5ccccc5)cc4)cc32)cc1. The van der Waals surface area contributed by atoms with Crippen LogP contribution in [-0.4, -0.2) is 11.6 Å². The highest BCUT2D eigenvalue weighted by Gasteiger charge is 2.12. The minimum absolute atomic E-state index is 0.765. The number of nitrogens with zero attached hydrogens (tertiary/aromatic N) is 1. The molecular formula is C54H56N4. The molecule has 7 aromatic carbocycles. The molecule has 4 N–H and O–H groups in total. The van der Waals surface area contributed by atoms with Crippen molar-refractivity contribution < 1.29 is 0 Å². The largest absolute Gasteiger partial charge is 0.399 e. The fourth-order valence-electron chi connectivity index (χ4n) is 6.23. The Morgan fingerprint density at radius 2 is 1.02 bits per heavy atom. The van der Waals surface area contributed by atoms with Gasteiger partial charge in [-0.15, -0.1) is 18.9 Å². The summed E-state index contributed by atoms with van der Waals surface area (Å²) in [6.45, 7) is 14.0. The van der Waals surface area contributed by atoms with Crippen LogP contribution in [0, 0.1) is 0 Å². The van der Waals surface area contributed by atoms with E-state index in [9.17, 15) is 0 Å². The van der Waals surface area contributed by atoms with E-state index >= 15 is 0 Å². The number of para-hydroxylation sites is 2. The van der Waals surface area contributed by atoms with Crippen molar-refractivity contribution in [1.29, 1.82) is 0 Å². The van der Waals surface area contributed by atoms with Gasteiger partial charge in [-0.2, -0.15) is 0 Å². The van der Waals surface area contributed by atoms with E-state index in [1.54, 1.807) is 0 Å². The maximum Gasteiger partial charge on any atom is 0.0561 e. The predicted octanol–water partition coefficient (Wildman–Crippen LogP) is 15.2. The van der Waals surface area contributed by atoms with Crippen LogP contribution in [-0.2, 0) is 0 Å². The molecule has 1 heterocycles. The lowest BCUT2D eigenvalue weighted by atomic mass is 10.1. The van der Waals surface area contributed by atoms with Crippen LogP contribution in [0.25, 0.3) is 44.2 Å².